The van der Waals surface area contributed by atoms with Crippen LogP contribution in [0.5, 0.6) is 0 Å². The van der Waals surface area contributed by atoms with E-state index in [1.165, 1.54) is 0 Å². The Kier molecular flexibility index (Phi) is 3.21. The number of carbonyl (C=O) groups excluding carboxylic acids is 1. The highest BCUT2D eigenvalue weighted by Crippen LogP contribution is 2.22. The van der Waals surface area contributed by atoms with E-state index in [1.807, 2.05) is 0 Å². The standard InChI is InChI=1S/C10H9ClF2O/c1-7-4-2-3-5-8(7)6-9(14)10(11,12)13/h2-5H,6H2,1H3. The minimum Gasteiger partial charge on any atom is -0.291 e. The van der Waals surface area contributed by atoms with E-state index in [0.717, 1.165) is 5.56 Å². The van der Waals surface area contributed by atoms with E-state index in [4.69, 9.17) is 0 Å². The van der Waals surface area contributed by atoms with E-state index in [9.17, 15) is 13.6 Å². The molecule has 1 nitrogen and oxygen atoms in total. The van der Waals surface area contributed by atoms with E-state index < -0.39 is 11.2 Å². The van der Waals surface area contributed by atoms with Crippen molar-refractivity contribution in [3.05, 3.63) is 35.4 Å². The number of hydrogen-bond acceptors (Lipinski definition) is 1. The van der Waals surface area contributed by atoms with E-state index >= 15 is 0 Å². The van der Waals surface area contributed by atoms with Crippen LogP contribution in [-0.4, -0.2) is 11.2 Å². The zero-order chi connectivity index (χ0) is 10.8. The van der Waals surface area contributed by atoms with Gasteiger partial charge in [-0.1, -0.05) is 24.3 Å². The number of carbonyl (C=O) groups is 1. The van der Waals surface area contributed by atoms with Crippen LogP contribution in [0.2, 0.25) is 0 Å². The molecule has 0 aliphatic rings. The van der Waals surface area contributed by atoms with Crippen molar-refractivity contribution in [1.29, 1.82) is 0 Å². The van der Waals surface area contributed by atoms with Gasteiger partial charge < -0.3 is 0 Å². The molecule has 0 fully saturated rings. The fraction of sp³-hybridized carbons (Fsp3) is 0.300. The van der Waals surface area contributed by atoms with Crippen molar-refractivity contribution in [2.75, 3.05) is 0 Å². The molecule has 0 amide bonds. The summed E-state index contributed by atoms with van der Waals surface area (Å²) in [6.45, 7) is 1.76. The molecule has 0 atom stereocenters. The SMILES string of the molecule is Cc1ccccc1CC(=O)C(F)(F)Cl. The molecule has 0 saturated heterocycles. The molecule has 14 heavy (non-hydrogen) atoms. The second-order valence-electron chi connectivity index (χ2n) is 3.02. The fourth-order valence-electron chi connectivity index (χ4n) is 1.08. The topological polar surface area (TPSA) is 17.1 Å². The molecular weight excluding hydrogens is 210 g/mol. The maximum atomic E-state index is 12.3. The molecule has 0 aliphatic carbocycles. The maximum absolute atomic E-state index is 12.3. The van der Waals surface area contributed by atoms with E-state index in [-0.39, 0.29) is 6.42 Å². The lowest BCUT2D eigenvalue weighted by atomic mass is 10.0. The summed E-state index contributed by atoms with van der Waals surface area (Å²) >= 11 is 4.60. The predicted molar refractivity (Wildman–Crippen MR) is 50.7 cm³/mol. The number of hydrogen-bond donors (Lipinski definition) is 0. The third kappa shape index (κ3) is 2.77. The highest BCUT2D eigenvalue weighted by molar-refractivity contribution is 6.32. The lowest BCUT2D eigenvalue weighted by Gasteiger charge is -2.08. The molecule has 0 spiro atoms. The lowest BCUT2D eigenvalue weighted by molar-refractivity contribution is -0.132. The van der Waals surface area contributed by atoms with E-state index in [2.05, 4.69) is 11.6 Å². The summed E-state index contributed by atoms with van der Waals surface area (Å²) in [5.41, 5.74) is 1.39. The van der Waals surface area contributed by atoms with Crippen LogP contribution in [0, 0.1) is 6.92 Å². The highest BCUT2D eigenvalue weighted by Gasteiger charge is 2.35. The number of Topliss-reactive ketones (excluding diaryl/α,β-unsaturated/α-hetero) is 1. The molecule has 0 N–H and O–H groups in total. The molecule has 1 aromatic carbocycles. The van der Waals surface area contributed by atoms with Crippen molar-refractivity contribution in [1.82, 2.24) is 0 Å². The third-order valence-electron chi connectivity index (χ3n) is 1.93. The van der Waals surface area contributed by atoms with Gasteiger partial charge in [0.05, 0.1) is 0 Å². The molecule has 1 rings (SSSR count). The van der Waals surface area contributed by atoms with Crippen molar-refractivity contribution in [3.8, 4) is 0 Å². The van der Waals surface area contributed by atoms with Crippen molar-refractivity contribution < 1.29 is 13.6 Å². The van der Waals surface area contributed by atoms with Gasteiger partial charge in [0.2, 0.25) is 5.78 Å². The van der Waals surface area contributed by atoms with Gasteiger partial charge in [-0.3, -0.25) is 4.79 Å². The Morgan fingerprint density at radius 1 is 1.43 bits per heavy atom. The first kappa shape index (κ1) is 11.1. The van der Waals surface area contributed by atoms with Crippen molar-refractivity contribution in [2.24, 2.45) is 0 Å². The van der Waals surface area contributed by atoms with Gasteiger partial charge in [-0.05, 0) is 29.7 Å². The van der Waals surface area contributed by atoms with Crippen LogP contribution in [-0.2, 0) is 11.2 Å². The highest BCUT2D eigenvalue weighted by atomic mass is 35.5. The minimum absolute atomic E-state index is 0.330. The van der Waals surface area contributed by atoms with Gasteiger partial charge in [0, 0.05) is 6.42 Å². The quantitative estimate of drug-likeness (QED) is 0.713. The van der Waals surface area contributed by atoms with Gasteiger partial charge in [0.25, 0.3) is 0 Å². The van der Waals surface area contributed by atoms with E-state index in [1.54, 1.807) is 31.2 Å². The van der Waals surface area contributed by atoms with Gasteiger partial charge in [-0.2, -0.15) is 8.78 Å². The van der Waals surface area contributed by atoms with Crippen molar-refractivity contribution in [2.45, 2.75) is 18.7 Å². The van der Waals surface area contributed by atoms with Gasteiger partial charge in [0.1, 0.15) is 0 Å². The van der Waals surface area contributed by atoms with Gasteiger partial charge >= 0.3 is 5.38 Å². The summed E-state index contributed by atoms with van der Waals surface area (Å²) < 4.78 is 24.7. The van der Waals surface area contributed by atoms with Crippen molar-refractivity contribution in [3.63, 3.8) is 0 Å². The summed E-state index contributed by atoms with van der Waals surface area (Å²) in [5, 5.41) is -3.76. The molecule has 0 aliphatic heterocycles. The van der Waals surface area contributed by atoms with Crippen LogP contribution >= 0.6 is 11.6 Å². The molecule has 0 saturated carbocycles. The van der Waals surface area contributed by atoms with Crippen molar-refractivity contribution >= 4 is 17.4 Å². The Morgan fingerprint density at radius 3 is 2.50 bits per heavy atom. The summed E-state index contributed by atoms with van der Waals surface area (Å²) in [7, 11) is 0. The number of aryl methyl sites for hydroxylation is 1. The van der Waals surface area contributed by atoms with Gasteiger partial charge in [-0.15, -0.1) is 0 Å². The van der Waals surface area contributed by atoms with Crippen LogP contribution < -0.4 is 0 Å². The summed E-state index contributed by atoms with van der Waals surface area (Å²) in [6.07, 6.45) is -0.330. The Hall–Kier alpha value is -0.960. The molecule has 0 bridgehead atoms. The minimum atomic E-state index is -3.76. The number of rotatable bonds is 3. The first-order valence-electron chi connectivity index (χ1n) is 4.06. The van der Waals surface area contributed by atoms with Crippen LogP contribution in [0.15, 0.2) is 24.3 Å². The Balaban J connectivity index is 2.80. The summed E-state index contributed by atoms with van der Waals surface area (Å²) in [6, 6.07) is 6.87. The molecule has 0 aromatic heterocycles. The summed E-state index contributed by atoms with van der Waals surface area (Å²) in [4.78, 5) is 10.9. The third-order valence-corrected chi connectivity index (χ3v) is 2.14. The van der Waals surface area contributed by atoms with Crippen LogP contribution in [0.1, 0.15) is 11.1 Å². The average Bonchev–Trinajstić information content (AvgIpc) is 2.07. The van der Waals surface area contributed by atoms with Crippen LogP contribution in [0.4, 0.5) is 8.78 Å². The number of ketones is 1. The smallest absolute Gasteiger partial charge is 0.291 e. The first-order valence-corrected chi connectivity index (χ1v) is 4.43. The molecule has 0 heterocycles. The molecule has 76 valence electrons. The first-order chi connectivity index (χ1) is 6.41. The lowest BCUT2D eigenvalue weighted by Crippen LogP contribution is -2.23. The van der Waals surface area contributed by atoms with Gasteiger partial charge in [0.15, 0.2) is 0 Å². The normalized spacial score (nSPS) is 11.4. The monoisotopic (exact) mass is 218 g/mol. The second kappa shape index (κ2) is 4.05. The van der Waals surface area contributed by atoms with Gasteiger partial charge in [-0.25, -0.2) is 0 Å². The molecule has 0 unspecified atom stereocenters. The zero-order valence-electron chi connectivity index (χ0n) is 7.56. The number of alkyl halides is 3. The van der Waals surface area contributed by atoms with E-state index in [0.29, 0.717) is 5.56 Å². The average molecular weight is 219 g/mol. The fourth-order valence-corrected chi connectivity index (χ4v) is 1.15. The van der Waals surface area contributed by atoms with Crippen LogP contribution in [0.25, 0.3) is 0 Å². The van der Waals surface area contributed by atoms with Crippen LogP contribution in [0.3, 0.4) is 0 Å². The Morgan fingerprint density at radius 2 is 2.00 bits per heavy atom. The predicted octanol–water partition coefficient (Wildman–Crippen LogP) is 2.94. The molecule has 4 heteroatoms. The molecular formula is C10H9ClF2O. The summed E-state index contributed by atoms with van der Waals surface area (Å²) in [5.74, 6) is -1.27. The Bertz CT molecular complexity index is 344. The molecule has 0 radical (unpaired) electrons. The largest absolute Gasteiger partial charge is 0.380 e. The zero-order valence-corrected chi connectivity index (χ0v) is 8.31. The number of halogens is 3. The molecule has 1 aromatic rings. The second-order valence-corrected chi connectivity index (χ2v) is 3.50. The number of benzene rings is 1. The Labute approximate surface area is 85.7 Å². The maximum Gasteiger partial charge on any atom is 0.380 e.